The number of hydrogen-bond acceptors (Lipinski definition) is 3. The molecule has 1 N–H and O–H groups in total. The second kappa shape index (κ2) is 5.12. The molecule has 2 nitrogen and oxygen atoms in total. The summed E-state index contributed by atoms with van der Waals surface area (Å²) in [6, 6.07) is 2.05. The lowest BCUT2D eigenvalue weighted by atomic mass is 9.78. The van der Waals surface area contributed by atoms with E-state index in [9.17, 15) is 0 Å². The highest BCUT2D eigenvalue weighted by molar-refractivity contribution is 7.14. The lowest BCUT2D eigenvalue weighted by molar-refractivity contribution is -0.143. The first kappa shape index (κ1) is 12.9. The molecule has 1 spiro atoms. The molecule has 1 aliphatic heterocycles. The largest absolute Gasteiger partial charge is 0.364 e. The van der Waals surface area contributed by atoms with Gasteiger partial charge in [0.2, 0.25) is 0 Å². The number of rotatable bonds is 1. The van der Waals surface area contributed by atoms with Crippen molar-refractivity contribution in [1.82, 2.24) is 5.32 Å². The van der Waals surface area contributed by atoms with Gasteiger partial charge < -0.3 is 10.1 Å². The fourth-order valence-electron chi connectivity index (χ4n) is 3.37. The zero-order valence-electron chi connectivity index (χ0n) is 10.7. The van der Waals surface area contributed by atoms with Crippen LogP contribution in [-0.2, 0) is 4.74 Å². The van der Waals surface area contributed by atoms with Crippen molar-refractivity contribution in [3.8, 4) is 0 Å². The van der Waals surface area contributed by atoms with E-state index in [4.69, 9.17) is 16.3 Å². The molecule has 0 radical (unpaired) electrons. The van der Waals surface area contributed by atoms with E-state index in [0.717, 1.165) is 23.3 Å². The van der Waals surface area contributed by atoms with E-state index >= 15 is 0 Å². The summed E-state index contributed by atoms with van der Waals surface area (Å²) >= 11 is 7.61. The number of ether oxygens (including phenoxy) is 1. The Labute approximate surface area is 118 Å². The molecule has 4 heteroatoms. The number of thiophene rings is 1. The fraction of sp³-hybridized carbons (Fsp3) is 0.714. The molecule has 0 bridgehead atoms. The Hall–Kier alpha value is -0.0900. The molecule has 0 aromatic carbocycles. The van der Waals surface area contributed by atoms with Gasteiger partial charge in [-0.3, -0.25) is 0 Å². The maximum atomic E-state index is 6.47. The third-order valence-corrected chi connectivity index (χ3v) is 5.29. The highest BCUT2D eigenvalue weighted by Crippen LogP contribution is 2.41. The summed E-state index contributed by atoms with van der Waals surface area (Å²) in [5.41, 5.74) is 1.30. The quantitative estimate of drug-likeness (QED) is 0.842. The van der Waals surface area contributed by atoms with Crippen LogP contribution < -0.4 is 5.32 Å². The van der Waals surface area contributed by atoms with Crippen LogP contribution in [0.5, 0.6) is 0 Å². The molecule has 3 rings (SSSR count). The van der Waals surface area contributed by atoms with Crippen molar-refractivity contribution in [2.24, 2.45) is 5.92 Å². The molecule has 18 heavy (non-hydrogen) atoms. The molecule has 1 aliphatic carbocycles. The third-order valence-electron chi connectivity index (χ3n) is 4.18. The van der Waals surface area contributed by atoms with E-state index in [2.05, 4.69) is 17.6 Å². The van der Waals surface area contributed by atoms with Crippen molar-refractivity contribution in [3.05, 3.63) is 21.3 Å². The summed E-state index contributed by atoms with van der Waals surface area (Å²) in [6.45, 7) is 4.25. The molecule has 1 aromatic heterocycles. The molecule has 1 aromatic rings. The Balaban J connectivity index is 1.75. The van der Waals surface area contributed by atoms with E-state index in [-0.39, 0.29) is 11.7 Å². The monoisotopic (exact) mass is 285 g/mol. The second-order valence-electron chi connectivity index (χ2n) is 5.81. The zero-order valence-corrected chi connectivity index (χ0v) is 12.3. The molecule has 2 aliphatic rings. The van der Waals surface area contributed by atoms with E-state index in [1.54, 1.807) is 11.3 Å². The number of nitrogens with one attached hydrogen (secondary N) is 1. The summed E-state index contributed by atoms with van der Waals surface area (Å²) in [6.07, 6.45) is 5.19. The number of halogens is 1. The van der Waals surface area contributed by atoms with Crippen molar-refractivity contribution >= 4 is 22.9 Å². The van der Waals surface area contributed by atoms with Gasteiger partial charge in [-0.05, 0) is 35.8 Å². The summed E-state index contributed by atoms with van der Waals surface area (Å²) in [4.78, 5) is 0. The summed E-state index contributed by atoms with van der Waals surface area (Å²) in [5, 5.41) is 5.69. The molecule has 100 valence electrons. The normalized spacial score (nSPS) is 37.0. The lowest BCUT2D eigenvalue weighted by Gasteiger charge is -2.46. The maximum absolute atomic E-state index is 6.47. The van der Waals surface area contributed by atoms with Crippen LogP contribution in [0.4, 0.5) is 0 Å². The molecule has 3 atom stereocenters. The smallest absolute Gasteiger partial charge is 0.0965 e. The minimum Gasteiger partial charge on any atom is -0.364 e. The van der Waals surface area contributed by atoms with Crippen molar-refractivity contribution < 1.29 is 4.74 Å². The van der Waals surface area contributed by atoms with Gasteiger partial charge in [0.1, 0.15) is 0 Å². The van der Waals surface area contributed by atoms with Crippen molar-refractivity contribution in [2.75, 3.05) is 13.1 Å². The third kappa shape index (κ3) is 2.60. The van der Waals surface area contributed by atoms with Crippen LogP contribution in [0.15, 0.2) is 11.4 Å². The van der Waals surface area contributed by atoms with Crippen LogP contribution in [0.25, 0.3) is 0 Å². The van der Waals surface area contributed by atoms with E-state index in [0.29, 0.717) is 0 Å². The van der Waals surface area contributed by atoms with Crippen LogP contribution in [0, 0.1) is 5.92 Å². The van der Waals surface area contributed by atoms with Crippen LogP contribution in [0.3, 0.4) is 0 Å². The Kier molecular flexibility index (Phi) is 3.68. The molecular formula is C14H20ClNOS. The summed E-state index contributed by atoms with van der Waals surface area (Å²) in [5.74, 6) is 0.783. The predicted octanol–water partition coefficient (Wildman–Crippen LogP) is 4.01. The second-order valence-corrected chi connectivity index (χ2v) is 7.35. The molecule has 1 saturated heterocycles. The molecular weight excluding hydrogens is 266 g/mol. The van der Waals surface area contributed by atoms with Gasteiger partial charge in [0.15, 0.2) is 0 Å². The molecule has 2 fully saturated rings. The molecule has 1 saturated carbocycles. The van der Waals surface area contributed by atoms with Gasteiger partial charge in [-0.25, -0.2) is 0 Å². The Morgan fingerprint density at radius 1 is 1.56 bits per heavy atom. The topological polar surface area (TPSA) is 21.3 Å². The zero-order chi connectivity index (χ0) is 12.6. The minimum atomic E-state index is 0.0645. The first-order valence-electron chi connectivity index (χ1n) is 6.79. The average molecular weight is 286 g/mol. The van der Waals surface area contributed by atoms with Gasteiger partial charge in [-0.15, -0.1) is 11.3 Å². The van der Waals surface area contributed by atoms with Gasteiger partial charge in [0.25, 0.3) is 0 Å². The average Bonchev–Trinajstić information content (AvgIpc) is 2.76. The molecule has 2 heterocycles. The van der Waals surface area contributed by atoms with Gasteiger partial charge in [0, 0.05) is 13.1 Å². The van der Waals surface area contributed by atoms with Crippen molar-refractivity contribution in [1.29, 1.82) is 0 Å². The van der Waals surface area contributed by atoms with Crippen molar-refractivity contribution in [2.45, 2.75) is 44.3 Å². The standard InChI is InChI=1S/C14H20ClNOS/c1-10-3-2-4-14(6-10)9-16-7-12(17-14)11-5-13(15)18-8-11/h5,8,10,12,16H,2-4,6-7,9H2,1H3. The highest BCUT2D eigenvalue weighted by atomic mass is 35.5. The first-order chi connectivity index (χ1) is 8.67. The van der Waals surface area contributed by atoms with E-state index in [1.165, 1.54) is 31.2 Å². The Morgan fingerprint density at radius 3 is 3.17 bits per heavy atom. The SMILES string of the molecule is CC1CCCC2(CNCC(c3csc(Cl)c3)O2)C1. The maximum Gasteiger partial charge on any atom is 0.0965 e. The van der Waals surface area contributed by atoms with Crippen LogP contribution in [0.2, 0.25) is 4.34 Å². The fourth-order valence-corrected chi connectivity index (χ4v) is 4.31. The van der Waals surface area contributed by atoms with Gasteiger partial charge in [0.05, 0.1) is 16.0 Å². The van der Waals surface area contributed by atoms with E-state index in [1.807, 2.05) is 6.07 Å². The lowest BCUT2D eigenvalue weighted by Crippen LogP contribution is -2.52. The highest BCUT2D eigenvalue weighted by Gasteiger charge is 2.40. The predicted molar refractivity (Wildman–Crippen MR) is 76.4 cm³/mol. The minimum absolute atomic E-state index is 0.0645. The van der Waals surface area contributed by atoms with Gasteiger partial charge in [-0.2, -0.15) is 0 Å². The summed E-state index contributed by atoms with van der Waals surface area (Å²) in [7, 11) is 0. The Morgan fingerprint density at radius 2 is 2.44 bits per heavy atom. The van der Waals surface area contributed by atoms with Crippen LogP contribution >= 0.6 is 22.9 Å². The Bertz CT molecular complexity index is 418. The molecule has 0 amide bonds. The van der Waals surface area contributed by atoms with Gasteiger partial charge in [-0.1, -0.05) is 31.4 Å². The van der Waals surface area contributed by atoms with Crippen molar-refractivity contribution in [3.63, 3.8) is 0 Å². The van der Waals surface area contributed by atoms with Crippen LogP contribution in [0.1, 0.15) is 44.3 Å². The van der Waals surface area contributed by atoms with Gasteiger partial charge >= 0.3 is 0 Å². The molecule has 3 unspecified atom stereocenters. The van der Waals surface area contributed by atoms with Crippen LogP contribution in [-0.4, -0.2) is 18.7 Å². The first-order valence-corrected chi connectivity index (χ1v) is 8.05. The number of hydrogen-bond donors (Lipinski definition) is 1. The van der Waals surface area contributed by atoms with E-state index < -0.39 is 0 Å². The number of morpholine rings is 1. The summed E-state index contributed by atoms with van der Waals surface area (Å²) < 4.78 is 7.32.